The third kappa shape index (κ3) is 4.66. The molecule has 2 aliphatic carbocycles. The highest BCUT2D eigenvalue weighted by Crippen LogP contribution is 2.29. The fraction of sp³-hybridized carbons (Fsp3) is 0.462. The minimum absolute atomic E-state index is 0.0510. The van der Waals surface area contributed by atoms with Crippen LogP contribution in [0, 0.1) is 11.7 Å². The molecule has 9 heteroatoms. The number of nitrogens with one attached hydrogen (secondary N) is 1. The number of aromatic nitrogens is 3. The van der Waals surface area contributed by atoms with Gasteiger partial charge in [0, 0.05) is 22.9 Å². The summed E-state index contributed by atoms with van der Waals surface area (Å²) in [4.78, 5) is 44.8. The van der Waals surface area contributed by atoms with E-state index in [0.29, 0.717) is 31.4 Å². The van der Waals surface area contributed by atoms with Crippen LogP contribution in [-0.4, -0.2) is 32.3 Å². The van der Waals surface area contributed by atoms with Gasteiger partial charge in [-0.25, -0.2) is 18.7 Å². The standard InChI is InChI=1S/C26H29FN4O3S/c1-35-21-8-4-7-20(14-21)30-23-22(13-17(27)15-28-23)25(33)31(26(30)34)19-11-9-18(10-12-19)29-24(32)16-5-2-3-6-16/h4,7-8,13-16,18-19H,2-3,5-6,9-12H2,1H3,(H,29,32)/t18-,19+. The molecule has 184 valence electrons. The van der Waals surface area contributed by atoms with Crippen molar-refractivity contribution in [3.05, 3.63) is 63.2 Å². The molecule has 0 bridgehead atoms. The summed E-state index contributed by atoms with van der Waals surface area (Å²) in [7, 11) is 0. The van der Waals surface area contributed by atoms with Gasteiger partial charge in [0.05, 0.1) is 17.3 Å². The maximum Gasteiger partial charge on any atom is 0.337 e. The summed E-state index contributed by atoms with van der Waals surface area (Å²) in [5.41, 5.74) is -0.267. The van der Waals surface area contributed by atoms with Gasteiger partial charge in [0.1, 0.15) is 5.82 Å². The molecule has 2 saturated carbocycles. The number of rotatable bonds is 5. The van der Waals surface area contributed by atoms with Gasteiger partial charge < -0.3 is 5.32 Å². The Morgan fingerprint density at radius 2 is 1.83 bits per heavy atom. The van der Waals surface area contributed by atoms with Crippen molar-refractivity contribution in [2.24, 2.45) is 5.92 Å². The van der Waals surface area contributed by atoms with Crippen LogP contribution in [0.4, 0.5) is 4.39 Å². The molecule has 2 aliphatic rings. The van der Waals surface area contributed by atoms with Crippen molar-refractivity contribution in [1.82, 2.24) is 19.4 Å². The first-order chi connectivity index (χ1) is 17.0. The van der Waals surface area contributed by atoms with Crippen LogP contribution in [0.15, 0.2) is 51.0 Å². The van der Waals surface area contributed by atoms with Crippen LogP contribution in [0.25, 0.3) is 16.7 Å². The van der Waals surface area contributed by atoms with Crippen LogP contribution in [0.2, 0.25) is 0 Å². The molecule has 2 fully saturated rings. The second-order valence-electron chi connectivity index (χ2n) is 9.51. The van der Waals surface area contributed by atoms with Gasteiger partial charge in [-0.2, -0.15) is 0 Å². The Morgan fingerprint density at radius 3 is 2.54 bits per heavy atom. The summed E-state index contributed by atoms with van der Waals surface area (Å²) >= 11 is 1.54. The smallest absolute Gasteiger partial charge is 0.337 e. The van der Waals surface area contributed by atoms with Crippen molar-refractivity contribution in [2.75, 3.05) is 6.26 Å². The largest absolute Gasteiger partial charge is 0.353 e. The van der Waals surface area contributed by atoms with Crippen molar-refractivity contribution < 1.29 is 9.18 Å². The average molecular weight is 497 g/mol. The fourth-order valence-electron chi connectivity index (χ4n) is 5.47. The zero-order valence-electron chi connectivity index (χ0n) is 19.7. The zero-order chi connectivity index (χ0) is 24.5. The topological polar surface area (TPSA) is 86.0 Å². The van der Waals surface area contributed by atoms with Gasteiger partial charge in [-0.15, -0.1) is 11.8 Å². The summed E-state index contributed by atoms with van der Waals surface area (Å²) < 4.78 is 16.8. The number of fused-ring (bicyclic) bond motifs is 1. The molecule has 0 spiro atoms. The molecule has 7 nitrogen and oxygen atoms in total. The SMILES string of the molecule is CSc1cccc(-n2c(=O)n([C@H]3CC[C@@H](NC(=O)C4CCCC4)CC3)c(=O)c3cc(F)cnc32)c1. The third-order valence-corrected chi connectivity index (χ3v) is 8.06. The Bertz CT molecular complexity index is 1370. The van der Waals surface area contributed by atoms with Crippen LogP contribution >= 0.6 is 11.8 Å². The van der Waals surface area contributed by atoms with Crippen LogP contribution in [0.3, 0.4) is 0 Å². The summed E-state index contributed by atoms with van der Waals surface area (Å²) in [5.74, 6) is -0.378. The number of benzene rings is 1. The van der Waals surface area contributed by atoms with Crippen molar-refractivity contribution in [3.63, 3.8) is 0 Å². The number of halogens is 1. The first-order valence-corrected chi connectivity index (χ1v) is 13.5. The molecule has 5 rings (SSSR count). The van der Waals surface area contributed by atoms with Crippen molar-refractivity contribution in [3.8, 4) is 5.69 Å². The molecule has 1 N–H and O–H groups in total. The molecule has 3 aromatic rings. The monoisotopic (exact) mass is 496 g/mol. The van der Waals surface area contributed by atoms with Gasteiger partial charge in [-0.3, -0.25) is 14.2 Å². The number of hydrogen-bond donors (Lipinski definition) is 1. The van der Waals surface area contributed by atoms with E-state index in [0.717, 1.165) is 42.8 Å². The summed E-state index contributed by atoms with van der Waals surface area (Å²) in [6.45, 7) is 0. The second-order valence-corrected chi connectivity index (χ2v) is 10.4. The molecule has 0 atom stereocenters. The Hall–Kier alpha value is -2.94. The molecule has 2 aromatic heterocycles. The lowest BCUT2D eigenvalue weighted by Gasteiger charge is -2.31. The molecular formula is C26H29FN4O3S. The maximum absolute atomic E-state index is 14.1. The number of pyridine rings is 1. The number of carbonyl (C=O) groups is 1. The van der Waals surface area contributed by atoms with E-state index in [1.165, 1.54) is 9.13 Å². The van der Waals surface area contributed by atoms with Gasteiger partial charge in [0.15, 0.2) is 5.65 Å². The predicted molar refractivity (Wildman–Crippen MR) is 135 cm³/mol. The van der Waals surface area contributed by atoms with E-state index >= 15 is 0 Å². The Labute approximate surface area is 206 Å². The molecule has 0 unspecified atom stereocenters. The van der Waals surface area contributed by atoms with Gasteiger partial charge in [0.25, 0.3) is 5.56 Å². The Morgan fingerprint density at radius 1 is 1.09 bits per heavy atom. The molecule has 1 aromatic carbocycles. The molecular weight excluding hydrogens is 467 g/mol. The highest BCUT2D eigenvalue weighted by molar-refractivity contribution is 7.98. The van der Waals surface area contributed by atoms with E-state index < -0.39 is 17.1 Å². The van der Waals surface area contributed by atoms with Crippen LogP contribution in [0.5, 0.6) is 0 Å². The van der Waals surface area contributed by atoms with Crippen molar-refractivity contribution in [2.45, 2.75) is 68.3 Å². The van der Waals surface area contributed by atoms with Gasteiger partial charge in [0.2, 0.25) is 5.91 Å². The van der Waals surface area contributed by atoms with Gasteiger partial charge >= 0.3 is 5.69 Å². The summed E-state index contributed by atoms with van der Waals surface area (Å²) in [5, 5.41) is 3.26. The van der Waals surface area contributed by atoms with E-state index in [-0.39, 0.29) is 34.9 Å². The van der Waals surface area contributed by atoms with Gasteiger partial charge in [-0.05, 0) is 69.0 Å². The predicted octanol–water partition coefficient (Wildman–Crippen LogP) is 4.20. The lowest BCUT2D eigenvalue weighted by molar-refractivity contribution is -0.125. The van der Waals surface area contributed by atoms with E-state index in [9.17, 15) is 18.8 Å². The van der Waals surface area contributed by atoms with Gasteiger partial charge in [-0.1, -0.05) is 18.9 Å². The molecule has 2 heterocycles. The van der Waals surface area contributed by atoms with Crippen LogP contribution < -0.4 is 16.6 Å². The number of nitrogens with zero attached hydrogens (tertiary/aromatic N) is 3. The first kappa shape index (κ1) is 23.8. The lowest BCUT2D eigenvalue weighted by atomic mass is 9.90. The van der Waals surface area contributed by atoms with E-state index in [1.54, 1.807) is 17.8 Å². The Kier molecular flexibility index (Phi) is 6.77. The fourth-order valence-corrected chi connectivity index (χ4v) is 5.93. The zero-order valence-corrected chi connectivity index (χ0v) is 20.5. The van der Waals surface area contributed by atoms with E-state index in [4.69, 9.17) is 0 Å². The second kappa shape index (κ2) is 9.97. The number of hydrogen-bond acceptors (Lipinski definition) is 5. The van der Waals surface area contributed by atoms with Crippen molar-refractivity contribution in [1.29, 1.82) is 0 Å². The molecule has 0 aliphatic heterocycles. The lowest BCUT2D eigenvalue weighted by Crippen LogP contribution is -2.45. The van der Waals surface area contributed by atoms with Crippen molar-refractivity contribution >= 4 is 28.7 Å². The number of thioether (sulfide) groups is 1. The maximum atomic E-state index is 14.1. The third-order valence-electron chi connectivity index (χ3n) is 7.34. The highest BCUT2D eigenvalue weighted by atomic mass is 32.2. The summed E-state index contributed by atoms with van der Waals surface area (Å²) in [6, 6.07) is 8.31. The quantitative estimate of drug-likeness (QED) is 0.535. The molecule has 1 amide bonds. The average Bonchev–Trinajstić information content (AvgIpc) is 3.41. The minimum Gasteiger partial charge on any atom is -0.353 e. The van der Waals surface area contributed by atoms with E-state index in [1.807, 2.05) is 24.5 Å². The number of amides is 1. The highest BCUT2D eigenvalue weighted by Gasteiger charge is 2.30. The summed E-state index contributed by atoms with van der Waals surface area (Å²) in [6.07, 6.45) is 9.65. The first-order valence-electron chi connectivity index (χ1n) is 12.2. The molecule has 0 saturated heterocycles. The Balaban J connectivity index is 1.49. The molecule has 35 heavy (non-hydrogen) atoms. The van der Waals surface area contributed by atoms with Crippen LogP contribution in [-0.2, 0) is 4.79 Å². The normalized spacial score (nSPS) is 20.9. The van der Waals surface area contributed by atoms with E-state index in [2.05, 4.69) is 10.3 Å². The molecule has 0 radical (unpaired) electrons. The number of carbonyl (C=O) groups excluding carboxylic acids is 1. The minimum atomic E-state index is -0.623. The van der Waals surface area contributed by atoms with Crippen LogP contribution in [0.1, 0.15) is 57.4 Å².